The van der Waals surface area contributed by atoms with Crippen molar-refractivity contribution in [1.82, 2.24) is 4.57 Å². The molecule has 0 bridgehead atoms. The first-order chi connectivity index (χ1) is 8.65. The zero-order valence-electron chi connectivity index (χ0n) is 9.57. The Labute approximate surface area is 119 Å². The van der Waals surface area contributed by atoms with Crippen molar-refractivity contribution in [2.24, 2.45) is 0 Å². The van der Waals surface area contributed by atoms with Gasteiger partial charge >= 0.3 is 0 Å². The number of rotatable bonds is 4. The Kier molecular flexibility index (Phi) is 4.44. The summed E-state index contributed by atoms with van der Waals surface area (Å²) in [6, 6.07) is 10.8. The first kappa shape index (κ1) is 13.2. The topological polar surface area (TPSA) is 34.0 Å². The first-order valence-electron chi connectivity index (χ1n) is 5.50. The highest BCUT2D eigenvalue weighted by Gasteiger charge is 1.97. The van der Waals surface area contributed by atoms with Gasteiger partial charge in [0, 0.05) is 40.5 Å². The Bertz CT molecular complexity index is 598. The van der Waals surface area contributed by atoms with E-state index in [0.29, 0.717) is 18.1 Å². The second kappa shape index (κ2) is 6.07. The number of halogens is 2. The summed E-state index contributed by atoms with van der Waals surface area (Å²) in [7, 11) is 0. The number of pyridine rings is 1. The first-order valence-corrected chi connectivity index (χ1v) is 6.68. The average Bonchev–Trinajstić information content (AvgIpc) is 2.34. The van der Waals surface area contributed by atoms with Crippen LogP contribution < -0.4 is 10.9 Å². The molecular formula is C13H12BrClN2O. The molecule has 0 amide bonds. The lowest BCUT2D eigenvalue weighted by atomic mass is 10.3. The Morgan fingerprint density at radius 2 is 2.11 bits per heavy atom. The summed E-state index contributed by atoms with van der Waals surface area (Å²) < 4.78 is 2.55. The molecule has 0 aliphatic heterocycles. The molecule has 0 aliphatic carbocycles. The van der Waals surface area contributed by atoms with Crippen molar-refractivity contribution in [3.8, 4) is 0 Å². The minimum Gasteiger partial charge on any atom is -0.383 e. The van der Waals surface area contributed by atoms with Crippen LogP contribution >= 0.6 is 27.5 Å². The number of anilines is 1. The van der Waals surface area contributed by atoms with Crippen molar-refractivity contribution in [3.05, 3.63) is 62.4 Å². The average molecular weight is 328 g/mol. The van der Waals surface area contributed by atoms with Crippen LogP contribution in [0.2, 0.25) is 5.02 Å². The molecule has 0 unspecified atom stereocenters. The summed E-state index contributed by atoms with van der Waals surface area (Å²) in [4.78, 5) is 11.6. The lowest BCUT2D eigenvalue weighted by molar-refractivity contribution is 0.695. The van der Waals surface area contributed by atoms with Crippen LogP contribution in [0.1, 0.15) is 0 Å². The van der Waals surface area contributed by atoms with Crippen LogP contribution in [0.15, 0.2) is 51.9 Å². The molecule has 0 radical (unpaired) electrons. The molecule has 2 aromatic rings. The number of benzene rings is 1. The molecule has 0 saturated heterocycles. The minimum absolute atomic E-state index is 0.00825. The molecule has 0 saturated carbocycles. The van der Waals surface area contributed by atoms with Gasteiger partial charge in [0.2, 0.25) is 0 Å². The predicted octanol–water partition coefficient (Wildman–Crippen LogP) is 3.38. The van der Waals surface area contributed by atoms with E-state index >= 15 is 0 Å². The molecule has 0 aliphatic rings. The van der Waals surface area contributed by atoms with E-state index in [1.807, 2.05) is 24.3 Å². The molecule has 1 aromatic carbocycles. The van der Waals surface area contributed by atoms with Crippen LogP contribution in [0.25, 0.3) is 0 Å². The van der Waals surface area contributed by atoms with Gasteiger partial charge in [0.25, 0.3) is 5.56 Å². The lowest BCUT2D eigenvalue weighted by Crippen LogP contribution is -2.22. The standard InChI is InChI=1S/C13H12BrClN2O/c14-10-4-5-13(18)17(9-10)7-6-16-12-3-1-2-11(15)8-12/h1-5,8-9,16H,6-7H2. The van der Waals surface area contributed by atoms with Gasteiger partial charge in [-0.1, -0.05) is 17.7 Å². The smallest absolute Gasteiger partial charge is 0.250 e. The third kappa shape index (κ3) is 3.62. The number of nitrogens with zero attached hydrogens (tertiary/aromatic N) is 1. The van der Waals surface area contributed by atoms with E-state index in [1.165, 1.54) is 0 Å². The maximum absolute atomic E-state index is 11.6. The zero-order valence-corrected chi connectivity index (χ0v) is 11.9. The van der Waals surface area contributed by atoms with Crippen LogP contribution in [0, 0.1) is 0 Å². The monoisotopic (exact) mass is 326 g/mol. The maximum atomic E-state index is 11.6. The third-order valence-corrected chi connectivity index (χ3v) is 3.16. The van der Waals surface area contributed by atoms with E-state index in [1.54, 1.807) is 22.9 Å². The van der Waals surface area contributed by atoms with E-state index in [0.717, 1.165) is 10.2 Å². The van der Waals surface area contributed by atoms with Gasteiger partial charge in [-0.25, -0.2) is 0 Å². The highest BCUT2D eigenvalue weighted by molar-refractivity contribution is 9.10. The quantitative estimate of drug-likeness (QED) is 0.934. The number of aromatic nitrogens is 1. The normalized spacial score (nSPS) is 10.3. The van der Waals surface area contributed by atoms with Gasteiger partial charge in [0.15, 0.2) is 0 Å². The van der Waals surface area contributed by atoms with Crippen LogP contribution in [0.5, 0.6) is 0 Å². The second-order valence-electron chi connectivity index (χ2n) is 3.82. The van der Waals surface area contributed by atoms with E-state index < -0.39 is 0 Å². The van der Waals surface area contributed by atoms with Crippen molar-refractivity contribution in [2.45, 2.75) is 6.54 Å². The summed E-state index contributed by atoms with van der Waals surface area (Å²) in [5.41, 5.74) is 0.941. The summed E-state index contributed by atoms with van der Waals surface area (Å²) in [5, 5.41) is 3.92. The Hall–Kier alpha value is -1.26. The molecule has 0 fully saturated rings. The number of hydrogen-bond donors (Lipinski definition) is 1. The molecule has 0 atom stereocenters. The fraction of sp³-hybridized carbons (Fsp3) is 0.154. The second-order valence-corrected chi connectivity index (χ2v) is 5.17. The SMILES string of the molecule is O=c1ccc(Br)cn1CCNc1cccc(Cl)c1. The van der Waals surface area contributed by atoms with Gasteiger partial charge < -0.3 is 9.88 Å². The van der Waals surface area contributed by atoms with Crippen molar-refractivity contribution < 1.29 is 0 Å². The van der Waals surface area contributed by atoms with Gasteiger partial charge in [-0.3, -0.25) is 4.79 Å². The van der Waals surface area contributed by atoms with Gasteiger partial charge in [0.05, 0.1) is 0 Å². The molecule has 1 N–H and O–H groups in total. The number of nitrogens with one attached hydrogen (secondary N) is 1. The summed E-state index contributed by atoms with van der Waals surface area (Å²) in [6.07, 6.45) is 1.78. The van der Waals surface area contributed by atoms with Gasteiger partial charge in [-0.15, -0.1) is 0 Å². The largest absolute Gasteiger partial charge is 0.383 e. The van der Waals surface area contributed by atoms with E-state index in [4.69, 9.17) is 11.6 Å². The Morgan fingerprint density at radius 1 is 1.28 bits per heavy atom. The van der Waals surface area contributed by atoms with Crippen molar-refractivity contribution in [1.29, 1.82) is 0 Å². The lowest BCUT2D eigenvalue weighted by Gasteiger charge is -2.09. The van der Waals surface area contributed by atoms with Crippen molar-refractivity contribution >= 4 is 33.2 Å². The van der Waals surface area contributed by atoms with E-state index in [2.05, 4.69) is 21.2 Å². The Balaban J connectivity index is 1.96. The molecule has 1 aromatic heterocycles. The van der Waals surface area contributed by atoms with Crippen molar-refractivity contribution in [3.63, 3.8) is 0 Å². The van der Waals surface area contributed by atoms with Crippen LogP contribution in [0.4, 0.5) is 5.69 Å². The summed E-state index contributed by atoms with van der Waals surface area (Å²) in [6.45, 7) is 1.27. The van der Waals surface area contributed by atoms with Gasteiger partial charge in [-0.05, 0) is 40.2 Å². The molecule has 3 nitrogen and oxygen atoms in total. The Morgan fingerprint density at radius 3 is 2.89 bits per heavy atom. The summed E-state index contributed by atoms with van der Waals surface area (Å²) >= 11 is 9.23. The van der Waals surface area contributed by atoms with Crippen LogP contribution in [-0.2, 0) is 6.54 Å². The molecule has 94 valence electrons. The fourth-order valence-corrected chi connectivity index (χ4v) is 2.17. The molecule has 18 heavy (non-hydrogen) atoms. The maximum Gasteiger partial charge on any atom is 0.250 e. The van der Waals surface area contributed by atoms with Crippen LogP contribution in [0.3, 0.4) is 0 Å². The molecule has 2 rings (SSSR count). The summed E-state index contributed by atoms with van der Waals surface area (Å²) in [5.74, 6) is 0. The van der Waals surface area contributed by atoms with Crippen LogP contribution in [-0.4, -0.2) is 11.1 Å². The van der Waals surface area contributed by atoms with Gasteiger partial charge in [-0.2, -0.15) is 0 Å². The molecular weight excluding hydrogens is 316 g/mol. The van der Waals surface area contributed by atoms with Crippen molar-refractivity contribution in [2.75, 3.05) is 11.9 Å². The number of hydrogen-bond acceptors (Lipinski definition) is 2. The predicted molar refractivity (Wildman–Crippen MR) is 78.3 cm³/mol. The molecule has 0 spiro atoms. The zero-order chi connectivity index (χ0) is 13.0. The highest BCUT2D eigenvalue weighted by Crippen LogP contribution is 2.14. The molecule has 5 heteroatoms. The minimum atomic E-state index is -0.00825. The van der Waals surface area contributed by atoms with E-state index in [9.17, 15) is 4.79 Å². The fourth-order valence-electron chi connectivity index (χ4n) is 1.60. The van der Waals surface area contributed by atoms with E-state index in [-0.39, 0.29) is 5.56 Å². The highest BCUT2D eigenvalue weighted by atomic mass is 79.9. The van der Waals surface area contributed by atoms with Gasteiger partial charge in [0.1, 0.15) is 0 Å². The third-order valence-electron chi connectivity index (χ3n) is 2.45. The molecule has 1 heterocycles.